The van der Waals surface area contributed by atoms with Crippen LogP contribution < -0.4 is 11.1 Å². The zero-order valence-electron chi connectivity index (χ0n) is 11.7. The maximum Gasteiger partial charge on any atom is 0.237 e. The molecule has 1 amide bonds. The average molecular weight is 305 g/mol. The Morgan fingerprint density at radius 2 is 2.19 bits per heavy atom. The van der Waals surface area contributed by atoms with Crippen molar-refractivity contribution >= 4 is 27.5 Å². The lowest BCUT2D eigenvalue weighted by Gasteiger charge is -2.26. The number of benzene rings is 1. The molecule has 1 fully saturated rings. The fourth-order valence-electron chi connectivity index (χ4n) is 2.57. The monoisotopic (exact) mass is 305 g/mol. The van der Waals surface area contributed by atoms with Crippen LogP contribution in [0.25, 0.3) is 10.2 Å². The van der Waals surface area contributed by atoms with E-state index >= 15 is 0 Å². The van der Waals surface area contributed by atoms with Gasteiger partial charge in [0.1, 0.15) is 5.01 Å². The van der Waals surface area contributed by atoms with Crippen molar-refractivity contribution in [3.8, 4) is 0 Å². The van der Waals surface area contributed by atoms with Crippen LogP contribution in [0.3, 0.4) is 0 Å². The van der Waals surface area contributed by atoms with E-state index in [9.17, 15) is 4.79 Å². The van der Waals surface area contributed by atoms with E-state index in [1.54, 1.807) is 11.3 Å². The van der Waals surface area contributed by atoms with Gasteiger partial charge in [-0.25, -0.2) is 4.98 Å². The Morgan fingerprint density at radius 3 is 2.95 bits per heavy atom. The van der Waals surface area contributed by atoms with Gasteiger partial charge in [-0.2, -0.15) is 0 Å². The third kappa shape index (κ3) is 3.40. The van der Waals surface area contributed by atoms with Crippen LogP contribution in [0.1, 0.15) is 17.8 Å². The molecule has 1 unspecified atom stereocenters. The number of ether oxygens (including phenoxy) is 1. The normalized spacial score (nSPS) is 17.8. The summed E-state index contributed by atoms with van der Waals surface area (Å²) in [6.07, 6.45) is 1.71. The van der Waals surface area contributed by atoms with E-state index in [0.717, 1.165) is 28.1 Å². The molecule has 5 nitrogen and oxygen atoms in total. The van der Waals surface area contributed by atoms with Crippen molar-refractivity contribution in [1.82, 2.24) is 10.3 Å². The molecule has 1 aliphatic rings. The van der Waals surface area contributed by atoms with E-state index in [1.807, 2.05) is 24.3 Å². The van der Waals surface area contributed by atoms with Crippen LogP contribution in [-0.2, 0) is 16.1 Å². The van der Waals surface area contributed by atoms with Gasteiger partial charge in [-0.3, -0.25) is 4.79 Å². The van der Waals surface area contributed by atoms with E-state index in [1.165, 1.54) is 0 Å². The number of rotatable bonds is 4. The molecule has 21 heavy (non-hydrogen) atoms. The molecule has 2 aromatic rings. The zero-order valence-corrected chi connectivity index (χ0v) is 12.6. The van der Waals surface area contributed by atoms with E-state index in [-0.39, 0.29) is 11.8 Å². The second kappa shape index (κ2) is 6.51. The highest BCUT2D eigenvalue weighted by Gasteiger charge is 2.26. The number of hydrogen-bond donors (Lipinski definition) is 2. The van der Waals surface area contributed by atoms with Crippen LogP contribution in [0.4, 0.5) is 0 Å². The Labute approximate surface area is 127 Å². The van der Waals surface area contributed by atoms with Crippen molar-refractivity contribution in [2.24, 2.45) is 11.7 Å². The van der Waals surface area contributed by atoms with Crippen molar-refractivity contribution < 1.29 is 9.53 Å². The summed E-state index contributed by atoms with van der Waals surface area (Å²) in [4.78, 5) is 16.6. The Hall–Kier alpha value is -1.50. The number of nitrogens with zero attached hydrogens (tertiary/aromatic N) is 1. The maximum atomic E-state index is 12.1. The van der Waals surface area contributed by atoms with Crippen LogP contribution in [0.15, 0.2) is 24.3 Å². The molecule has 1 atom stereocenters. The molecule has 6 heteroatoms. The van der Waals surface area contributed by atoms with Crippen LogP contribution in [0, 0.1) is 5.92 Å². The molecular formula is C15H19N3O2S. The van der Waals surface area contributed by atoms with E-state index < -0.39 is 6.04 Å². The summed E-state index contributed by atoms with van der Waals surface area (Å²) in [7, 11) is 0. The molecule has 0 radical (unpaired) electrons. The van der Waals surface area contributed by atoms with Gasteiger partial charge < -0.3 is 15.8 Å². The standard InChI is InChI=1S/C15H19N3O2S/c16-14(10-5-7-20-8-6-10)15(19)17-9-13-18-11-3-1-2-4-12(11)21-13/h1-4,10,14H,5-9,16H2,(H,17,19). The minimum atomic E-state index is -0.455. The molecule has 3 N–H and O–H groups in total. The number of carbonyl (C=O) groups excluding carboxylic acids is 1. The molecule has 2 heterocycles. The molecule has 3 rings (SSSR count). The first kappa shape index (κ1) is 14.4. The van der Waals surface area contributed by atoms with Gasteiger partial charge in [0.25, 0.3) is 0 Å². The van der Waals surface area contributed by atoms with Gasteiger partial charge in [0, 0.05) is 13.2 Å². The predicted octanol–water partition coefficient (Wildman–Crippen LogP) is 1.67. The molecule has 0 spiro atoms. The SMILES string of the molecule is NC(C(=O)NCc1nc2ccccc2s1)C1CCOCC1. The fraction of sp³-hybridized carbons (Fsp3) is 0.467. The van der Waals surface area contributed by atoms with Crippen molar-refractivity contribution in [2.45, 2.75) is 25.4 Å². The number of aromatic nitrogens is 1. The third-order valence-electron chi connectivity index (χ3n) is 3.83. The molecule has 0 saturated carbocycles. The largest absolute Gasteiger partial charge is 0.381 e. The van der Waals surface area contributed by atoms with Gasteiger partial charge in [-0.1, -0.05) is 12.1 Å². The quantitative estimate of drug-likeness (QED) is 0.901. The Morgan fingerprint density at radius 1 is 1.43 bits per heavy atom. The number of amides is 1. The second-order valence-corrected chi connectivity index (χ2v) is 6.38. The summed E-state index contributed by atoms with van der Waals surface area (Å²) < 4.78 is 6.43. The minimum absolute atomic E-state index is 0.0962. The Balaban J connectivity index is 1.57. The van der Waals surface area contributed by atoms with Gasteiger partial charge >= 0.3 is 0 Å². The van der Waals surface area contributed by atoms with E-state index in [0.29, 0.717) is 19.8 Å². The average Bonchev–Trinajstić information content (AvgIpc) is 2.95. The first-order valence-corrected chi connectivity index (χ1v) is 8.01. The molecule has 0 bridgehead atoms. The van der Waals surface area contributed by atoms with Crippen LogP contribution in [0.2, 0.25) is 0 Å². The van der Waals surface area contributed by atoms with Gasteiger partial charge in [0.05, 0.1) is 22.8 Å². The number of fused-ring (bicyclic) bond motifs is 1. The molecule has 0 aliphatic carbocycles. The fourth-order valence-corrected chi connectivity index (χ4v) is 3.47. The number of para-hydroxylation sites is 1. The molecule has 1 aromatic carbocycles. The predicted molar refractivity (Wildman–Crippen MR) is 83.0 cm³/mol. The van der Waals surface area contributed by atoms with Gasteiger partial charge in [-0.15, -0.1) is 11.3 Å². The summed E-state index contributed by atoms with van der Waals surface area (Å²) in [5, 5.41) is 3.81. The first-order chi connectivity index (χ1) is 10.2. The lowest BCUT2D eigenvalue weighted by molar-refractivity contribution is -0.124. The van der Waals surface area contributed by atoms with Gasteiger partial charge in [0.15, 0.2) is 0 Å². The molecule has 1 aliphatic heterocycles. The van der Waals surface area contributed by atoms with Crippen molar-refractivity contribution in [1.29, 1.82) is 0 Å². The molecule has 1 aromatic heterocycles. The lowest BCUT2D eigenvalue weighted by atomic mass is 9.92. The highest BCUT2D eigenvalue weighted by molar-refractivity contribution is 7.18. The molecule has 112 valence electrons. The highest BCUT2D eigenvalue weighted by Crippen LogP contribution is 2.21. The Bertz CT molecular complexity index is 589. The van der Waals surface area contributed by atoms with Crippen molar-refractivity contribution in [3.63, 3.8) is 0 Å². The summed E-state index contributed by atoms with van der Waals surface area (Å²) in [6.45, 7) is 1.84. The number of carbonyl (C=O) groups is 1. The second-order valence-electron chi connectivity index (χ2n) is 5.27. The smallest absolute Gasteiger partial charge is 0.237 e. The molecule has 1 saturated heterocycles. The van der Waals surface area contributed by atoms with Gasteiger partial charge in [0.2, 0.25) is 5.91 Å². The summed E-state index contributed by atoms with van der Waals surface area (Å²) in [6, 6.07) is 7.51. The number of thiazole rings is 1. The number of nitrogens with one attached hydrogen (secondary N) is 1. The maximum absolute atomic E-state index is 12.1. The zero-order chi connectivity index (χ0) is 14.7. The van der Waals surface area contributed by atoms with Crippen LogP contribution >= 0.6 is 11.3 Å². The molecular weight excluding hydrogens is 286 g/mol. The van der Waals surface area contributed by atoms with Crippen molar-refractivity contribution in [2.75, 3.05) is 13.2 Å². The Kier molecular flexibility index (Phi) is 4.48. The number of hydrogen-bond acceptors (Lipinski definition) is 5. The highest BCUT2D eigenvalue weighted by atomic mass is 32.1. The van der Waals surface area contributed by atoms with E-state index in [2.05, 4.69) is 10.3 Å². The lowest BCUT2D eigenvalue weighted by Crippen LogP contribution is -2.46. The van der Waals surface area contributed by atoms with Crippen LogP contribution in [-0.4, -0.2) is 30.1 Å². The van der Waals surface area contributed by atoms with Gasteiger partial charge in [-0.05, 0) is 30.9 Å². The third-order valence-corrected chi connectivity index (χ3v) is 4.86. The van der Waals surface area contributed by atoms with Crippen molar-refractivity contribution in [3.05, 3.63) is 29.3 Å². The number of nitrogens with two attached hydrogens (primary N) is 1. The summed E-state index contributed by atoms with van der Waals surface area (Å²) >= 11 is 1.60. The van der Waals surface area contributed by atoms with Crippen LogP contribution in [0.5, 0.6) is 0 Å². The van der Waals surface area contributed by atoms with E-state index in [4.69, 9.17) is 10.5 Å². The summed E-state index contributed by atoms with van der Waals surface area (Å²) in [5.41, 5.74) is 7.02. The minimum Gasteiger partial charge on any atom is -0.381 e. The summed E-state index contributed by atoms with van der Waals surface area (Å²) in [5.74, 6) is 0.121. The first-order valence-electron chi connectivity index (χ1n) is 7.19. The topological polar surface area (TPSA) is 77.2 Å².